The van der Waals surface area contributed by atoms with Gasteiger partial charge in [-0.1, -0.05) is 6.08 Å². The second kappa shape index (κ2) is 5.67. The Morgan fingerprint density at radius 2 is 2.33 bits per heavy atom. The van der Waals surface area contributed by atoms with E-state index in [9.17, 15) is 4.79 Å². The van der Waals surface area contributed by atoms with Crippen LogP contribution in [0.3, 0.4) is 0 Å². The van der Waals surface area contributed by atoms with Gasteiger partial charge in [0, 0.05) is 6.54 Å². The molecule has 2 heterocycles. The van der Waals surface area contributed by atoms with Crippen LogP contribution in [0.4, 0.5) is 11.5 Å². The number of anilines is 2. The van der Waals surface area contributed by atoms with Gasteiger partial charge in [-0.3, -0.25) is 4.79 Å². The van der Waals surface area contributed by atoms with E-state index >= 15 is 0 Å². The van der Waals surface area contributed by atoms with Gasteiger partial charge in [-0.2, -0.15) is 0 Å². The molecule has 0 spiro atoms. The van der Waals surface area contributed by atoms with Crippen LogP contribution in [0.15, 0.2) is 53.8 Å². The van der Waals surface area contributed by atoms with Crippen LogP contribution < -0.4 is 10.6 Å². The number of carbonyl (C=O) groups excluding carboxylic acids is 1. The quantitative estimate of drug-likeness (QED) is 0.792. The lowest BCUT2D eigenvalue weighted by Crippen LogP contribution is -2.11. The van der Waals surface area contributed by atoms with Crippen molar-refractivity contribution in [3.8, 4) is 0 Å². The molecule has 0 aliphatic carbocycles. The van der Waals surface area contributed by atoms with Crippen LogP contribution in [0.25, 0.3) is 0 Å². The average molecular weight is 243 g/mol. The molecule has 18 heavy (non-hydrogen) atoms. The minimum Gasteiger partial charge on any atom is -0.459 e. The van der Waals surface area contributed by atoms with E-state index in [2.05, 4.69) is 22.2 Å². The number of nitrogens with one attached hydrogen (secondary N) is 2. The average Bonchev–Trinajstić information content (AvgIpc) is 2.92. The molecule has 1 amide bonds. The Labute approximate surface area is 105 Å². The third-order valence-corrected chi connectivity index (χ3v) is 2.19. The molecule has 0 bridgehead atoms. The minimum atomic E-state index is -0.298. The maximum atomic E-state index is 11.7. The molecule has 0 aromatic carbocycles. The molecule has 0 unspecified atom stereocenters. The smallest absolute Gasteiger partial charge is 0.291 e. The molecular weight excluding hydrogens is 230 g/mol. The molecule has 0 atom stereocenters. The summed E-state index contributed by atoms with van der Waals surface area (Å²) in [6.07, 6.45) is 4.77. The molecule has 0 saturated carbocycles. The fourth-order valence-electron chi connectivity index (χ4n) is 1.35. The number of hydrogen-bond acceptors (Lipinski definition) is 4. The molecule has 0 aliphatic rings. The first kappa shape index (κ1) is 11.9. The van der Waals surface area contributed by atoms with Crippen LogP contribution in [-0.2, 0) is 0 Å². The van der Waals surface area contributed by atoms with Gasteiger partial charge < -0.3 is 15.1 Å². The highest BCUT2D eigenvalue weighted by atomic mass is 16.3. The lowest BCUT2D eigenvalue weighted by molar-refractivity contribution is 0.0996. The van der Waals surface area contributed by atoms with Crippen LogP contribution in [-0.4, -0.2) is 17.4 Å². The van der Waals surface area contributed by atoms with Gasteiger partial charge in [0.25, 0.3) is 5.91 Å². The fourth-order valence-corrected chi connectivity index (χ4v) is 1.35. The van der Waals surface area contributed by atoms with Crippen LogP contribution in [0.1, 0.15) is 10.6 Å². The van der Waals surface area contributed by atoms with Gasteiger partial charge in [0.15, 0.2) is 5.76 Å². The van der Waals surface area contributed by atoms with Gasteiger partial charge in [0.05, 0.1) is 18.1 Å². The van der Waals surface area contributed by atoms with Crippen molar-refractivity contribution >= 4 is 17.4 Å². The molecule has 2 aromatic heterocycles. The van der Waals surface area contributed by atoms with Crippen molar-refractivity contribution in [2.24, 2.45) is 0 Å². The molecular formula is C13H13N3O2. The summed E-state index contributed by atoms with van der Waals surface area (Å²) in [4.78, 5) is 15.8. The van der Waals surface area contributed by atoms with Crippen LogP contribution in [0.5, 0.6) is 0 Å². The Bertz CT molecular complexity index is 518. The van der Waals surface area contributed by atoms with Gasteiger partial charge in [0.1, 0.15) is 5.82 Å². The van der Waals surface area contributed by atoms with Gasteiger partial charge in [-0.15, -0.1) is 6.58 Å². The molecule has 0 radical (unpaired) electrons. The van der Waals surface area contributed by atoms with Crippen molar-refractivity contribution < 1.29 is 9.21 Å². The number of pyridine rings is 1. The summed E-state index contributed by atoms with van der Waals surface area (Å²) in [6.45, 7) is 4.25. The largest absolute Gasteiger partial charge is 0.459 e. The zero-order chi connectivity index (χ0) is 12.8. The maximum absolute atomic E-state index is 11.7. The van der Waals surface area contributed by atoms with E-state index in [-0.39, 0.29) is 11.7 Å². The summed E-state index contributed by atoms with van der Waals surface area (Å²) in [6, 6.07) is 6.80. The molecule has 0 fully saturated rings. The lowest BCUT2D eigenvalue weighted by atomic mass is 10.3. The van der Waals surface area contributed by atoms with Crippen LogP contribution in [0, 0.1) is 0 Å². The number of carbonyl (C=O) groups is 1. The summed E-state index contributed by atoms with van der Waals surface area (Å²) in [5.74, 6) is 0.698. The molecule has 0 saturated heterocycles. The third-order valence-electron chi connectivity index (χ3n) is 2.19. The molecule has 5 nitrogen and oxygen atoms in total. The first-order valence-electron chi connectivity index (χ1n) is 5.45. The van der Waals surface area contributed by atoms with Crippen LogP contribution in [0.2, 0.25) is 0 Å². The SMILES string of the molecule is C=CCNc1ccc(NC(=O)c2ccco2)cn1. The zero-order valence-corrected chi connectivity index (χ0v) is 9.72. The van der Waals surface area contributed by atoms with E-state index in [4.69, 9.17) is 4.42 Å². The first-order chi connectivity index (χ1) is 8.79. The maximum Gasteiger partial charge on any atom is 0.291 e. The topological polar surface area (TPSA) is 67.2 Å². The number of aromatic nitrogens is 1. The molecule has 5 heteroatoms. The number of nitrogens with zero attached hydrogens (tertiary/aromatic N) is 1. The van der Waals surface area contributed by atoms with Crippen molar-refractivity contribution in [2.45, 2.75) is 0 Å². The Morgan fingerprint density at radius 1 is 1.44 bits per heavy atom. The standard InChI is InChI=1S/C13H13N3O2/c1-2-7-14-12-6-5-10(9-15-12)16-13(17)11-4-3-8-18-11/h2-6,8-9H,1,7H2,(H,14,15)(H,16,17). The zero-order valence-electron chi connectivity index (χ0n) is 9.72. The molecule has 0 aliphatic heterocycles. The molecule has 2 aromatic rings. The molecule has 92 valence electrons. The van der Waals surface area contributed by atoms with Gasteiger partial charge in [-0.05, 0) is 24.3 Å². The summed E-state index contributed by atoms with van der Waals surface area (Å²) >= 11 is 0. The van der Waals surface area contributed by atoms with Gasteiger partial charge >= 0.3 is 0 Å². The van der Waals surface area contributed by atoms with E-state index in [0.29, 0.717) is 12.2 Å². The van der Waals surface area contributed by atoms with Crippen molar-refractivity contribution in [1.82, 2.24) is 4.98 Å². The number of furan rings is 1. The highest BCUT2D eigenvalue weighted by Gasteiger charge is 2.08. The van der Waals surface area contributed by atoms with Crippen molar-refractivity contribution in [2.75, 3.05) is 17.2 Å². The van der Waals surface area contributed by atoms with Crippen molar-refractivity contribution in [1.29, 1.82) is 0 Å². The Kier molecular flexibility index (Phi) is 3.76. The highest BCUT2D eigenvalue weighted by Crippen LogP contribution is 2.11. The second-order valence-corrected chi connectivity index (χ2v) is 3.53. The second-order valence-electron chi connectivity index (χ2n) is 3.53. The Balaban J connectivity index is 1.98. The van der Waals surface area contributed by atoms with E-state index in [1.165, 1.54) is 6.26 Å². The number of rotatable bonds is 5. The Hall–Kier alpha value is -2.56. The summed E-state index contributed by atoms with van der Waals surface area (Å²) < 4.78 is 4.99. The highest BCUT2D eigenvalue weighted by molar-refractivity contribution is 6.02. The summed E-state index contributed by atoms with van der Waals surface area (Å²) in [5.41, 5.74) is 0.612. The number of amides is 1. The first-order valence-corrected chi connectivity index (χ1v) is 5.45. The third kappa shape index (κ3) is 2.98. The summed E-state index contributed by atoms with van der Waals surface area (Å²) in [7, 11) is 0. The van der Waals surface area contributed by atoms with E-state index in [1.807, 2.05) is 0 Å². The predicted octanol–water partition coefficient (Wildman–Crippen LogP) is 2.52. The van der Waals surface area contributed by atoms with Gasteiger partial charge in [-0.25, -0.2) is 4.98 Å². The minimum absolute atomic E-state index is 0.267. The fraction of sp³-hybridized carbons (Fsp3) is 0.0769. The molecule has 2 N–H and O–H groups in total. The van der Waals surface area contributed by atoms with E-state index < -0.39 is 0 Å². The Morgan fingerprint density at radius 3 is 2.94 bits per heavy atom. The molecule has 2 rings (SSSR count). The van der Waals surface area contributed by atoms with Crippen molar-refractivity contribution in [3.05, 3.63) is 55.1 Å². The number of hydrogen-bond donors (Lipinski definition) is 2. The van der Waals surface area contributed by atoms with E-state index in [1.54, 1.807) is 36.5 Å². The monoisotopic (exact) mass is 243 g/mol. The summed E-state index contributed by atoms with van der Waals surface area (Å²) in [5, 5.41) is 5.73. The van der Waals surface area contributed by atoms with Gasteiger partial charge in [0.2, 0.25) is 0 Å². The normalized spacial score (nSPS) is 9.78. The lowest BCUT2D eigenvalue weighted by Gasteiger charge is -2.05. The van der Waals surface area contributed by atoms with Crippen molar-refractivity contribution in [3.63, 3.8) is 0 Å². The van der Waals surface area contributed by atoms with E-state index in [0.717, 1.165) is 5.82 Å². The predicted molar refractivity (Wildman–Crippen MR) is 69.6 cm³/mol. The van der Waals surface area contributed by atoms with Crippen LogP contribution >= 0.6 is 0 Å².